The lowest BCUT2D eigenvalue weighted by molar-refractivity contribution is -0.144. The highest BCUT2D eigenvalue weighted by atomic mass is 32.2. The van der Waals surface area contributed by atoms with Crippen molar-refractivity contribution < 1.29 is 19.5 Å². The number of amides is 3. The second kappa shape index (κ2) is 11.2. The molecule has 3 unspecified atom stereocenters. The number of carbonyl (C=O) groups is 3. The molecule has 1 aliphatic carbocycles. The molecule has 1 aromatic rings. The molecule has 1 aromatic carbocycles. The number of benzene rings is 1. The van der Waals surface area contributed by atoms with E-state index in [2.05, 4.69) is 17.6 Å². The smallest absolute Gasteiger partial charge is 0.244 e. The minimum absolute atomic E-state index is 0.0121. The fraction of sp³-hybridized carbons (Fsp3) is 0.700. The number of nitrogens with zero attached hydrogens (tertiary/aromatic N) is 1. The summed E-state index contributed by atoms with van der Waals surface area (Å²) in [4.78, 5) is 43.9. The van der Waals surface area contributed by atoms with E-state index in [9.17, 15) is 19.5 Å². The Hall–Kier alpha value is -2.06. The minimum Gasteiger partial charge on any atom is -0.394 e. The first-order chi connectivity index (χ1) is 18.3. The molecule has 3 heterocycles. The van der Waals surface area contributed by atoms with Crippen LogP contribution < -0.4 is 10.6 Å². The Bertz CT molecular complexity index is 1030. The zero-order valence-corrected chi connectivity index (χ0v) is 23.7. The third-order valence-corrected chi connectivity index (χ3v) is 11.9. The number of aliphatic hydroxyl groups excluding tert-OH is 1. The molecule has 4 fully saturated rings. The quantitative estimate of drug-likeness (QED) is 0.445. The Morgan fingerprint density at radius 2 is 1.87 bits per heavy atom. The Labute approximate surface area is 230 Å². The van der Waals surface area contributed by atoms with Crippen molar-refractivity contribution in [3.63, 3.8) is 0 Å². The third-order valence-electron chi connectivity index (χ3n) is 9.84. The summed E-state index contributed by atoms with van der Waals surface area (Å²) in [6.07, 6.45) is 6.94. The highest BCUT2D eigenvalue weighted by molar-refractivity contribution is 8.02. The third kappa shape index (κ3) is 4.55. The maximum Gasteiger partial charge on any atom is 0.244 e. The molecule has 1 spiro atoms. The van der Waals surface area contributed by atoms with Crippen LogP contribution in [0.5, 0.6) is 0 Å². The Kier molecular flexibility index (Phi) is 8.11. The normalized spacial score (nSPS) is 34.2. The number of hydrogen-bond acceptors (Lipinski definition) is 5. The number of nitrogens with one attached hydrogen (secondary N) is 2. The van der Waals surface area contributed by atoms with E-state index in [1.807, 2.05) is 44.2 Å². The van der Waals surface area contributed by atoms with E-state index in [-0.39, 0.29) is 47.5 Å². The Morgan fingerprint density at radius 3 is 2.53 bits per heavy atom. The zero-order valence-electron chi connectivity index (χ0n) is 22.9. The molecule has 8 heteroatoms. The van der Waals surface area contributed by atoms with Crippen LogP contribution >= 0.6 is 11.8 Å². The summed E-state index contributed by atoms with van der Waals surface area (Å²) < 4.78 is -0.657. The van der Waals surface area contributed by atoms with E-state index in [1.54, 1.807) is 16.7 Å². The van der Waals surface area contributed by atoms with Gasteiger partial charge < -0.3 is 20.6 Å². The predicted octanol–water partition coefficient (Wildman–Crippen LogP) is 3.50. The van der Waals surface area contributed by atoms with E-state index in [4.69, 9.17) is 0 Å². The van der Waals surface area contributed by atoms with Crippen molar-refractivity contribution in [2.75, 3.05) is 6.61 Å². The predicted molar refractivity (Wildman–Crippen MR) is 149 cm³/mol. The van der Waals surface area contributed by atoms with Gasteiger partial charge in [0.2, 0.25) is 17.7 Å². The van der Waals surface area contributed by atoms with E-state index in [1.165, 1.54) is 6.42 Å². The second-order valence-corrected chi connectivity index (χ2v) is 13.5. The molecule has 7 nitrogen and oxygen atoms in total. The fourth-order valence-electron chi connectivity index (χ4n) is 7.66. The highest BCUT2D eigenvalue weighted by Crippen LogP contribution is 2.68. The maximum absolute atomic E-state index is 14.4. The number of aliphatic hydroxyl groups is 1. The van der Waals surface area contributed by atoms with Crippen LogP contribution in [0.2, 0.25) is 0 Å². The van der Waals surface area contributed by atoms with Gasteiger partial charge in [-0.1, -0.05) is 76.8 Å². The Morgan fingerprint density at radius 1 is 1.16 bits per heavy atom. The first kappa shape index (κ1) is 27.5. The molecule has 0 radical (unpaired) electrons. The molecule has 8 atom stereocenters. The maximum atomic E-state index is 14.4. The van der Waals surface area contributed by atoms with Crippen molar-refractivity contribution >= 4 is 29.5 Å². The van der Waals surface area contributed by atoms with Gasteiger partial charge in [0, 0.05) is 17.8 Å². The average Bonchev–Trinajstić information content (AvgIpc) is 3.52. The van der Waals surface area contributed by atoms with Crippen LogP contribution in [0.1, 0.15) is 71.3 Å². The summed E-state index contributed by atoms with van der Waals surface area (Å²) in [7, 11) is 0. The van der Waals surface area contributed by atoms with Gasteiger partial charge in [0.05, 0.1) is 29.2 Å². The molecular weight excluding hydrogens is 498 g/mol. The summed E-state index contributed by atoms with van der Waals surface area (Å²) in [5.74, 6) is -1.21. The van der Waals surface area contributed by atoms with E-state index in [0.717, 1.165) is 44.1 Å². The highest BCUT2D eigenvalue weighted by Gasteiger charge is 2.76. The summed E-state index contributed by atoms with van der Waals surface area (Å²) in [6, 6.07) is 8.80. The van der Waals surface area contributed by atoms with Gasteiger partial charge in [-0.05, 0) is 36.7 Å². The molecule has 3 aliphatic heterocycles. The number of rotatable bonds is 9. The molecule has 208 valence electrons. The molecule has 2 bridgehead atoms. The fourth-order valence-corrected chi connectivity index (χ4v) is 10.1. The van der Waals surface area contributed by atoms with Gasteiger partial charge in [-0.15, -0.1) is 11.8 Å². The van der Waals surface area contributed by atoms with E-state index in [0.29, 0.717) is 6.54 Å². The minimum atomic E-state index is -0.676. The van der Waals surface area contributed by atoms with Crippen LogP contribution in [-0.2, 0) is 20.9 Å². The van der Waals surface area contributed by atoms with Crippen LogP contribution in [0.4, 0.5) is 0 Å². The van der Waals surface area contributed by atoms with E-state index >= 15 is 0 Å². The summed E-state index contributed by atoms with van der Waals surface area (Å²) >= 11 is 1.70. The van der Waals surface area contributed by atoms with Crippen LogP contribution in [0.3, 0.4) is 0 Å². The SMILES string of the molecule is CC[C@H](C)[C@H](CO)N1C(=O)[C@@H]2[C@@H](C(=O)NCc3ccccc3)[C@H]3CC(C)C2(S3)C1C(=O)NC1CCCCC1. The van der Waals surface area contributed by atoms with Gasteiger partial charge >= 0.3 is 0 Å². The Balaban J connectivity index is 1.48. The topological polar surface area (TPSA) is 98.7 Å². The molecule has 38 heavy (non-hydrogen) atoms. The first-order valence-electron chi connectivity index (χ1n) is 14.6. The number of fused-ring (bicyclic) bond motifs is 1. The summed E-state index contributed by atoms with van der Waals surface area (Å²) in [5, 5.41) is 16.9. The summed E-state index contributed by atoms with van der Waals surface area (Å²) in [6.45, 7) is 6.45. The second-order valence-electron chi connectivity index (χ2n) is 12.0. The number of hydrogen-bond donors (Lipinski definition) is 3. The number of thioether (sulfide) groups is 1. The largest absolute Gasteiger partial charge is 0.394 e. The lowest BCUT2D eigenvalue weighted by atomic mass is 9.65. The van der Waals surface area contributed by atoms with Crippen LogP contribution in [0.15, 0.2) is 30.3 Å². The van der Waals surface area contributed by atoms with Gasteiger partial charge in [-0.3, -0.25) is 14.4 Å². The van der Waals surface area contributed by atoms with Gasteiger partial charge in [-0.2, -0.15) is 0 Å². The van der Waals surface area contributed by atoms with Crippen molar-refractivity contribution in [1.82, 2.24) is 15.5 Å². The molecule has 3 saturated heterocycles. The molecule has 1 saturated carbocycles. The van der Waals surface area contributed by atoms with Crippen molar-refractivity contribution in [3.8, 4) is 0 Å². The molecule has 4 aliphatic rings. The first-order valence-corrected chi connectivity index (χ1v) is 15.4. The molecule has 3 amide bonds. The van der Waals surface area contributed by atoms with Crippen LogP contribution in [0, 0.1) is 23.7 Å². The van der Waals surface area contributed by atoms with Crippen molar-refractivity contribution in [2.24, 2.45) is 23.7 Å². The van der Waals surface area contributed by atoms with Crippen molar-refractivity contribution in [3.05, 3.63) is 35.9 Å². The van der Waals surface area contributed by atoms with Crippen molar-refractivity contribution in [1.29, 1.82) is 0 Å². The molecule has 5 rings (SSSR count). The zero-order chi connectivity index (χ0) is 27.0. The van der Waals surface area contributed by atoms with Gasteiger partial charge in [0.15, 0.2) is 0 Å². The van der Waals surface area contributed by atoms with Gasteiger partial charge in [0.1, 0.15) is 6.04 Å². The molecule has 0 aromatic heterocycles. The van der Waals surface area contributed by atoms with Gasteiger partial charge in [0.25, 0.3) is 0 Å². The average molecular weight is 542 g/mol. The molecule has 3 N–H and O–H groups in total. The van der Waals surface area contributed by atoms with Crippen LogP contribution in [0.25, 0.3) is 0 Å². The number of carbonyl (C=O) groups excluding carboxylic acids is 3. The number of likely N-dealkylation sites (tertiary alicyclic amines) is 1. The lowest BCUT2D eigenvalue weighted by Gasteiger charge is -2.42. The molecular formula is C30H43N3O4S. The lowest BCUT2D eigenvalue weighted by Crippen LogP contribution is -2.60. The summed E-state index contributed by atoms with van der Waals surface area (Å²) in [5.41, 5.74) is 1.01. The monoisotopic (exact) mass is 541 g/mol. The van der Waals surface area contributed by atoms with Crippen molar-refractivity contribution in [2.45, 2.75) is 100 Å². The van der Waals surface area contributed by atoms with Gasteiger partial charge in [-0.25, -0.2) is 0 Å². The van der Waals surface area contributed by atoms with E-state index < -0.39 is 28.7 Å². The van der Waals surface area contributed by atoms with Crippen LogP contribution in [-0.4, -0.2) is 62.5 Å². The standard InChI is InChI=1S/C30H43N3O4S/c1-4-18(2)22(17-34)33-26(28(36)32-21-13-9-6-10-14-21)30-19(3)15-23(38-30)24(25(30)29(33)37)27(35)31-16-20-11-7-5-8-12-20/h5,7-8,11-12,18-19,21-26,34H,4,6,9-10,13-17H2,1-3H3,(H,31,35)(H,32,36)/t18-,19?,22-,23+,24-,25-,26?,30?/m0/s1.